The van der Waals surface area contributed by atoms with E-state index in [0.29, 0.717) is 25.7 Å². The molecule has 3 atom stereocenters. The normalized spacial score (nSPS) is 17.4. The maximum atomic E-state index is 13.6. The fraction of sp³-hybridized carbons (Fsp3) is 0.447. The minimum Gasteiger partial charge on any atom is -0.464 e. The summed E-state index contributed by atoms with van der Waals surface area (Å²) in [5, 5.41) is 15.8. The molecule has 0 spiro atoms. The van der Waals surface area contributed by atoms with Gasteiger partial charge in [-0.15, -0.1) is 0 Å². The molecule has 4 amide bonds. The van der Waals surface area contributed by atoms with Gasteiger partial charge in [0.2, 0.25) is 21.8 Å². The monoisotopic (exact) mass is 751 g/mol. The molecule has 2 aromatic carbocycles. The number of hydrogen-bond donors (Lipinski definition) is 4. The smallest absolute Gasteiger partial charge is 0.416 e. The lowest BCUT2D eigenvalue weighted by atomic mass is 9.85. The van der Waals surface area contributed by atoms with Crippen molar-refractivity contribution in [3.05, 3.63) is 73.3 Å². The number of carboxylic acid groups (broad SMARTS) is 1. The Labute approximate surface area is 309 Å². The number of benzene rings is 2. The molecule has 3 aromatic rings. The van der Waals surface area contributed by atoms with Gasteiger partial charge in [0.15, 0.2) is 0 Å². The molecule has 4 N–H and O–H groups in total. The van der Waals surface area contributed by atoms with Gasteiger partial charge in [-0.1, -0.05) is 82.0 Å². The highest BCUT2D eigenvalue weighted by Crippen LogP contribution is 2.29. The SMILES string of the molecule is C=C/C=C/[C@H](NC(=O)[C@@H]1CCCN1C(=O)C(NC(=O)OC(C)(C)C)C(C)(C)C)C(=O)NS(=O)(=O)C1CC1.O=C(O)n1c2ccccc2c2ccccc21. The summed E-state index contributed by atoms with van der Waals surface area (Å²) in [5.74, 6) is -1.95. The van der Waals surface area contributed by atoms with Gasteiger partial charge in [0.1, 0.15) is 23.7 Å². The zero-order valence-electron chi connectivity index (χ0n) is 30.9. The Kier molecular flexibility index (Phi) is 12.4. The first kappa shape index (κ1) is 40.6. The summed E-state index contributed by atoms with van der Waals surface area (Å²) in [6.45, 7) is 14.3. The molecule has 2 aliphatic rings. The first-order valence-corrected chi connectivity index (χ1v) is 19.0. The van der Waals surface area contributed by atoms with E-state index in [9.17, 15) is 37.5 Å². The number of alkyl carbamates (subject to hydrolysis) is 1. The summed E-state index contributed by atoms with van der Waals surface area (Å²) in [5.41, 5.74) is 0.0178. The van der Waals surface area contributed by atoms with Gasteiger partial charge in [-0.2, -0.15) is 0 Å². The number of allylic oxidation sites excluding steroid dienone is 2. The van der Waals surface area contributed by atoms with Gasteiger partial charge >= 0.3 is 12.2 Å². The fourth-order valence-corrected chi connectivity index (χ4v) is 7.31. The Morgan fingerprint density at radius 2 is 1.47 bits per heavy atom. The molecular weight excluding hydrogens is 703 g/mol. The number of carbonyl (C=O) groups is 5. The second kappa shape index (κ2) is 16.2. The molecule has 0 bridgehead atoms. The van der Waals surface area contributed by atoms with Crippen LogP contribution in [0.1, 0.15) is 67.2 Å². The number of amides is 4. The summed E-state index contributed by atoms with van der Waals surface area (Å²) in [6.07, 6.45) is 4.30. The van der Waals surface area contributed by atoms with E-state index >= 15 is 0 Å². The molecule has 1 aromatic heterocycles. The van der Waals surface area contributed by atoms with E-state index in [2.05, 4.69) is 17.2 Å². The van der Waals surface area contributed by atoms with Gasteiger partial charge in [0.25, 0.3) is 5.91 Å². The maximum absolute atomic E-state index is 13.6. The molecule has 15 heteroatoms. The summed E-state index contributed by atoms with van der Waals surface area (Å²) in [7, 11) is -3.81. The zero-order valence-corrected chi connectivity index (χ0v) is 31.7. The third-order valence-corrected chi connectivity index (χ3v) is 10.4. The molecule has 286 valence electrons. The van der Waals surface area contributed by atoms with Crippen LogP contribution in [0.3, 0.4) is 0 Å². The van der Waals surface area contributed by atoms with E-state index in [0.717, 1.165) is 21.8 Å². The van der Waals surface area contributed by atoms with Gasteiger partial charge in [0, 0.05) is 17.3 Å². The van der Waals surface area contributed by atoms with Crippen LogP contribution in [-0.4, -0.2) is 88.4 Å². The largest absolute Gasteiger partial charge is 0.464 e. The molecular formula is C38H49N5O9S. The van der Waals surface area contributed by atoms with Crippen molar-refractivity contribution in [3.8, 4) is 0 Å². The van der Waals surface area contributed by atoms with E-state index in [1.807, 2.05) is 53.3 Å². The molecule has 53 heavy (non-hydrogen) atoms. The molecule has 2 fully saturated rings. The van der Waals surface area contributed by atoms with E-state index in [-0.39, 0.29) is 6.54 Å². The maximum Gasteiger partial charge on any atom is 0.416 e. The molecule has 1 saturated carbocycles. The molecule has 1 aliphatic carbocycles. The lowest BCUT2D eigenvalue weighted by molar-refractivity contribution is -0.142. The third kappa shape index (κ3) is 10.2. The van der Waals surface area contributed by atoms with Crippen LogP contribution in [0, 0.1) is 5.41 Å². The second-order valence-electron chi connectivity index (χ2n) is 15.1. The highest BCUT2D eigenvalue weighted by atomic mass is 32.2. The summed E-state index contributed by atoms with van der Waals surface area (Å²) >= 11 is 0. The van der Waals surface area contributed by atoms with Crippen LogP contribution in [0.15, 0.2) is 73.3 Å². The van der Waals surface area contributed by atoms with Gasteiger partial charge < -0.3 is 25.4 Å². The van der Waals surface area contributed by atoms with E-state index in [1.165, 1.54) is 27.7 Å². The quantitative estimate of drug-likeness (QED) is 0.216. The third-order valence-electron chi connectivity index (χ3n) is 8.61. The molecule has 1 unspecified atom stereocenters. The highest BCUT2D eigenvalue weighted by Gasteiger charge is 2.43. The minimum absolute atomic E-state index is 0.287. The number of carbonyl (C=O) groups excluding carboxylic acids is 4. The van der Waals surface area contributed by atoms with Crippen molar-refractivity contribution >= 4 is 61.7 Å². The predicted molar refractivity (Wildman–Crippen MR) is 202 cm³/mol. The number of fused-ring (bicyclic) bond motifs is 3. The van der Waals surface area contributed by atoms with Crippen molar-refractivity contribution in [2.75, 3.05) is 6.54 Å². The summed E-state index contributed by atoms with van der Waals surface area (Å²) < 4.78 is 33.1. The Balaban J connectivity index is 0.000000320. The topological polar surface area (TPSA) is 193 Å². The number of likely N-dealkylation sites (tertiary alicyclic amines) is 1. The van der Waals surface area contributed by atoms with Crippen LogP contribution in [0.2, 0.25) is 0 Å². The average Bonchev–Trinajstić information content (AvgIpc) is 3.73. The number of para-hydroxylation sites is 2. The van der Waals surface area contributed by atoms with E-state index in [4.69, 9.17) is 4.74 Å². The van der Waals surface area contributed by atoms with Crippen molar-refractivity contribution < 1.29 is 42.2 Å². The number of hydrogen-bond acceptors (Lipinski definition) is 8. The second-order valence-corrected chi connectivity index (χ2v) is 17.1. The number of rotatable bonds is 9. The van der Waals surface area contributed by atoms with Crippen molar-refractivity contribution in [2.45, 2.75) is 96.2 Å². The van der Waals surface area contributed by atoms with Crippen LogP contribution in [0.25, 0.3) is 21.8 Å². The Bertz CT molecular complexity index is 1970. The standard InChI is InChI=1S/C25H40N4O7S.C13H9NO2/c1-8-9-11-17(20(30)28-37(34,35)16-13-14-16)26-21(31)18-12-10-15-29(18)22(32)19(24(2,3)4)27-23(33)36-25(5,6)7;15-13(16)14-11-7-3-1-5-9(11)10-6-2-4-8-12(10)14/h8-9,11,16-19H,1,10,12-15H2,2-7H3,(H,26,31)(H,27,33)(H,28,30);1-8H,(H,15,16)/b11-9+;/t17-,18-,19?;/m0./s1. The number of nitrogens with zero attached hydrogens (tertiary/aromatic N) is 2. The van der Waals surface area contributed by atoms with Gasteiger partial charge in [0.05, 0.1) is 16.3 Å². The minimum atomic E-state index is -3.81. The van der Waals surface area contributed by atoms with E-state index < -0.39 is 74.3 Å². The van der Waals surface area contributed by atoms with Crippen LogP contribution < -0.4 is 15.4 Å². The van der Waals surface area contributed by atoms with Crippen LogP contribution in [0.5, 0.6) is 0 Å². The first-order chi connectivity index (χ1) is 24.7. The number of aromatic nitrogens is 1. The van der Waals surface area contributed by atoms with E-state index in [1.54, 1.807) is 41.5 Å². The summed E-state index contributed by atoms with van der Waals surface area (Å²) in [6, 6.07) is 11.9. The Hall–Kier alpha value is -5.18. The molecule has 1 aliphatic heterocycles. The van der Waals surface area contributed by atoms with Crippen molar-refractivity contribution in [2.24, 2.45) is 5.41 Å². The predicted octanol–water partition coefficient (Wildman–Crippen LogP) is 5.07. The van der Waals surface area contributed by atoms with Crippen molar-refractivity contribution in [3.63, 3.8) is 0 Å². The van der Waals surface area contributed by atoms with Gasteiger partial charge in [-0.3, -0.25) is 19.1 Å². The van der Waals surface area contributed by atoms with Crippen LogP contribution >= 0.6 is 0 Å². The average molecular weight is 752 g/mol. The number of sulfonamides is 1. The van der Waals surface area contributed by atoms with Crippen LogP contribution in [0.4, 0.5) is 9.59 Å². The molecule has 2 heterocycles. The molecule has 14 nitrogen and oxygen atoms in total. The number of ether oxygens (including phenoxy) is 1. The summed E-state index contributed by atoms with van der Waals surface area (Å²) in [4.78, 5) is 64.6. The Morgan fingerprint density at radius 3 is 1.96 bits per heavy atom. The molecule has 1 saturated heterocycles. The van der Waals surface area contributed by atoms with Gasteiger partial charge in [-0.05, 0) is 64.0 Å². The number of nitrogens with one attached hydrogen (secondary N) is 3. The first-order valence-electron chi connectivity index (χ1n) is 17.4. The lowest BCUT2D eigenvalue weighted by Gasteiger charge is -2.36. The van der Waals surface area contributed by atoms with Crippen molar-refractivity contribution in [1.82, 2.24) is 24.8 Å². The Morgan fingerprint density at radius 1 is 0.906 bits per heavy atom. The fourth-order valence-electron chi connectivity index (χ4n) is 5.98. The van der Waals surface area contributed by atoms with Crippen LogP contribution in [-0.2, 0) is 29.1 Å². The molecule has 0 radical (unpaired) electrons. The molecule has 5 rings (SSSR count). The lowest BCUT2D eigenvalue weighted by Crippen LogP contribution is -2.59. The van der Waals surface area contributed by atoms with Gasteiger partial charge in [-0.25, -0.2) is 22.6 Å². The highest BCUT2D eigenvalue weighted by molar-refractivity contribution is 7.90. The van der Waals surface area contributed by atoms with Crippen molar-refractivity contribution in [1.29, 1.82) is 0 Å². The zero-order chi connectivity index (χ0) is 39.3.